The second kappa shape index (κ2) is 19.0. The van der Waals surface area contributed by atoms with Crippen LogP contribution in [0, 0.1) is 5.41 Å². The molecule has 12 nitrogen and oxygen atoms in total. The predicted octanol–water partition coefficient (Wildman–Crippen LogP) is 9.34. The van der Waals surface area contributed by atoms with Crippen molar-refractivity contribution in [2.24, 2.45) is 5.41 Å². The van der Waals surface area contributed by atoms with Crippen LogP contribution in [0.1, 0.15) is 110 Å². The van der Waals surface area contributed by atoms with Gasteiger partial charge in [-0.3, -0.25) is 24.5 Å². The molecule has 1 aliphatic carbocycles. The topological polar surface area (TPSA) is 132 Å². The summed E-state index contributed by atoms with van der Waals surface area (Å²) in [6.07, 6.45) is 1.29. The molecule has 2 aliphatic heterocycles. The molecule has 2 aromatic carbocycles. The second-order valence-electron chi connectivity index (χ2n) is 20.2. The number of rotatable bonds is 14. The number of anilines is 1. The molecule has 65 heavy (non-hydrogen) atoms. The van der Waals surface area contributed by atoms with Gasteiger partial charge in [0.25, 0.3) is 5.91 Å². The number of amides is 2. The molecule has 2 atom stereocenters. The summed E-state index contributed by atoms with van der Waals surface area (Å²) in [6, 6.07) is 13.8. The van der Waals surface area contributed by atoms with Gasteiger partial charge in [0.1, 0.15) is 24.2 Å². The molecule has 15 heteroatoms. The van der Waals surface area contributed by atoms with Gasteiger partial charge in [0, 0.05) is 61.7 Å². The number of hydrogen-bond acceptors (Lipinski definition) is 8. The lowest BCUT2D eigenvalue weighted by molar-refractivity contribution is -0.147. The molecule has 3 aliphatic rings. The summed E-state index contributed by atoms with van der Waals surface area (Å²) in [5, 5.41) is 14.4. The summed E-state index contributed by atoms with van der Waals surface area (Å²) < 4.78 is 51.5. The molecule has 3 fully saturated rings. The molecule has 2 saturated heterocycles. The number of benzene rings is 2. The van der Waals surface area contributed by atoms with Crippen LogP contribution in [0.5, 0.6) is 0 Å². The fourth-order valence-corrected chi connectivity index (χ4v) is 9.18. The third kappa shape index (κ3) is 11.6. The first-order chi connectivity index (χ1) is 30.6. The highest BCUT2D eigenvalue weighted by Gasteiger charge is 2.37. The van der Waals surface area contributed by atoms with Crippen molar-refractivity contribution in [3.63, 3.8) is 0 Å². The first-order valence-electron chi connectivity index (χ1n) is 23.2. The van der Waals surface area contributed by atoms with E-state index in [4.69, 9.17) is 9.72 Å². The van der Waals surface area contributed by atoms with Gasteiger partial charge in [-0.05, 0) is 105 Å². The van der Waals surface area contributed by atoms with E-state index >= 15 is 0 Å². The Bertz CT molecular complexity index is 2380. The van der Waals surface area contributed by atoms with Crippen LogP contribution in [-0.2, 0) is 33.7 Å². The average molecular weight is 902 g/mol. The van der Waals surface area contributed by atoms with E-state index in [0.29, 0.717) is 42.1 Å². The predicted molar refractivity (Wildman–Crippen MR) is 248 cm³/mol. The number of hydrogen-bond donors (Lipinski definition) is 3. The van der Waals surface area contributed by atoms with Gasteiger partial charge in [-0.2, -0.15) is 13.2 Å². The molecular formula is C50H66F3N7O5. The number of alkyl halides is 3. The maximum absolute atomic E-state index is 14.9. The highest BCUT2D eigenvalue weighted by molar-refractivity contribution is 5.96. The van der Waals surface area contributed by atoms with E-state index in [2.05, 4.69) is 47.4 Å². The highest BCUT2D eigenvalue weighted by atomic mass is 19.4. The second-order valence-corrected chi connectivity index (χ2v) is 20.2. The van der Waals surface area contributed by atoms with Crippen molar-refractivity contribution in [2.75, 3.05) is 37.6 Å². The maximum atomic E-state index is 14.9. The summed E-state index contributed by atoms with van der Waals surface area (Å²) in [5.74, 6) is -1.64. The zero-order valence-corrected chi connectivity index (χ0v) is 39.1. The molecule has 2 amide bonds. The quantitative estimate of drug-likeness (QED) is 0.113. The molecule has 352 valence electrons. The molecule has 1 saturated carbocycles. The Morgan fingerprint density at radius 3 is 2.28 bits per heavy atom. The van der Waals surface area contributed by atoms with E-state index in [-0.39, 0.29) is 24.3 Å². The van der Waals surface area contributed by atoms with E-state index in [1.54, 1.807) is 26.8 Å². The van der Waals surface area contributed by atoms with E-state index in [9.17, 15) is 32.7 Å². The monoisotopic (exact) mass is 902 g/mol. The Morgan fingerprint density at radius 2 is 1.65 bits per heavy atom. The van der Waals surface area contributed by atoms with Crippen molar-refractivity contribution in [2.45, 2.75) is 143 Å². The summed E-state index contributed by atoms with van der Waals surface area (Å²) >= 11 is 0. The van der Waals surface area contributed by atoms with Crippen LogP contribution in [0.2, 0.25) is 0 Å². The fourth-order valence-electron chi connectivity index (χ4n) is 9.18. The number of carboxylic acids is 1. The molecule has 0 spiro atoms. The molecule has 3 N–H and O–H groups in total. The lowest BCUT2D eigenvalue weighted by Gasteiger charge is -2.36. The van der Waals surface area contributed by atoms with Gasteiger partial charge in [-0.25, -0.2) is 10.2 Å². The Labute approximate surface area is 380 Å². The zero-order chi connectivity index (χ0) is 47.0. The van der Waals surface area contributed by atoms with Crippen LogP contribution in [-0.4, -0.2) is 105 Å². The van der Waals surface area contributed by atoms with Crippen molar-refractivity contribution in [3.05, 3.63) is 71.5 Å². The van der Waals surface area contributed by atoms with Gasteiger partial charge in [-0.15, -0.1) is 0 Å². The number of carboxylic acid groups (broad SMARTS) is 1. The summed E-state index contributed by atoms with van der Waals surface area (Å²) in [5.41, 5.74) is 8.23. The van der Waals surface area contributed by atoms with E-state index in [1.165, 1.54) is 22.4 Å². The fraction of sp³-hybridized carbons (Fsp3) is 0.560. The minimum Gasteiger partial charge on any atom is -0.480 e. The maximum Gasteiger partial charge on any atom is 0.408 e. The number of halogens is 3. The molecule has 2 aromatic heterocycles. The van der Waals surface area contributed by atoms with Crippen LogP contribution < -0.4 is 15.6 Å². The number of pyridine rings is 1. The lowest BCUT2D eigenvalue weighted by Crippen LogP contribution is -2.60. The minimum absolute atomic E-state index is 0.0572. The smallest absolute Gasteiger partial charge is 0.408 e. The van der Waals surface area contributed by atoms with Gasteiger partial charge in [-0.1, -0.05) is 71.4 Å². The molecule has 0 unspecified atom stereocenters. The number of hydrazine groups is 1. The Morgan fingerprint density at radius 1 is 0.938 bits per heavy atom. The minimum atomic E-state index is -4.51. The van der Waals surface area contributed by atoms with Crippen molar-refractivity contribution in [1.29, 1.82) is 0 Å². The third-order valence-electron chi connectivity index (χ3n) is 13.0. The first kappa shape index (κ1) is 47.8. The van der Waals surface area contributed by atoms with Crippen molar-refractivity contribution >= 4 is 34.6 Å². The number of aliphatic carboxylic acids is 1. The number of aromatic nitrogens is 2. The molecule has 7 rings (SSSR count). The van der Waals surface area contributed by atoms with E-state index < -0.39 is 48.4 Å². The van der Waals surface area contributed by atoms with Crippen LogP contribution in [0.25, 0.3) is 33.3 Å². The molecule has 0 bridgehead atoms. The number of fused-ring (bicyclic) bond motifs is 1. The third-order valence-corrected chi connectivity index (χ3v) is 13.0. The summed E-state index contributed by atoms with van der Waals surface area (Å²) in [4.78, 5) is 48.8. The highest BCUT2D eigenvalue weighted by Crippen LogP contribution is 2.44. The standard InChI is InChI=1S/C50H66F3N7O5/c1-9-49(7,8)28-39-37-26-34(33-13-10-12-32(24-33)25-41(55-47(64)65-48(4,5)6)45(61)60-19-11-14-40(56-60)46(62)63)15-18-42(37)59(30-50(51,52)53)44(39)38-27-36(29-54-43(38)31(2)3)58-22-20-57(21-23-58)35-16-17-35/h10,12-13,15,18,24,26-27,29,31,35,40-41,56H,9,11,14,16-17,19-23,25,28,30H2,1-8H3,(H,55,64)(H,62,63)/t40-,41-/m0/s1. The van der Waals surface area contributed by atoms with Gasteiger partial charge >= 0.3 is 18.2 Å². The number of carbonyl (C=O) groups excluding carboxylic acids is 2. The van der Waals surface area contributed by atoms with Crippen molar-refractivity contribution in [3.8, 4) is 22.4 Å². The zero-order valence-electron chi connectivity index (χ0n) is 39.1. The Kier molecular flexibility index (Phi) is 14.0. The number of piperazine rings is 1. The van der Waals surface area contributed by atoms with Gasteiger partial charge in [0.2, 0.25) is 0 Å². The lowest BCUT2D eigenvalue weighted by atomic mass is 9.81. The van der Waals surface area contributed by atoms with Crippen molar-refractivity contribution in [1.82, 2.24) is 30.2 Å². The summed E-state index contributed by atoms with van der Waals surface area (Å²) in [6.45, 7) is 18.3. The Hall–Kier alpha value is -5.15. The van der Waals surface area contributed by atoms with Crippen LogP contribution in [0.15, 0.2) is 54.7 Å². The van der Waals surface area contributed by atoms with Crippen LogP contribution in [0.4, 0.5) is 23.7 Å². The van der Waals surface area contributed by atoms with Crippen LogP contribution >= 0.6 is 0 Å². The molecule has 0 radical (unpaired) electrons. The number of nitrogens with zero attached hydrogens (tertiary/aromatic N) is 5. The first-order valence-corrected chi connectivity index (χ1v) is 23.2. The van der Waals surface area contributed by atoms with Gasteiger partial charge in [0.05, 0.1) is 23.3 Å². The molecule has 4 heterocycles. The van der Waals surface area contributed by atoms with Gasteiger partial charge in [0.15, 0.2) is 0 Å². The Balaban J connectivity index is 1.31. The van der Waals surface area contributed by atoms with E-state index in [1.807, 2.05) is 56.4 Å². The SMILES string of the molecule is CCC(C)(C)Cc1c(-c2cc(N3CCN(C4CC4)CC3)cnc2C(C)C)n(CC(F)(F)F)c2ccc(-c3cccc(C[C@H](NC(=O)OC(C)(C)C)C(=O)N4CCC[C@@H](C(=O)O)N4)c3)cc12. The molecule has 4 aromatic rings. The summed E-state index contributed by atoms with van der Waals surface area (Å²) in [7, 11) is 0. The van der Waals surface area contributed by atoms with Crippen molar-refractivity contribution < 1.29 is 37.4 Å². The number of nitrogens with one attached hydrogen (secondary N) is 2. The molecular weight excluding hydrogens is 836 g/mol. The number of alkyl carbamates (subject to hydrolysis) is 1. The largest absolute Gasteiger partial charge is 0.480 e. The van der Waals surface area contributed by atoms with Crippen LogP contribution in [0.3, 0.4) is 0 Å². The van der Waals surface area contributed by atoms with E-state index in [0.717, 1.165) is 71.6 Å². The van der Waals surface area contributed by atoms with Gasteiger partial charge < -0.3 is 24.6 Å². The normalized spacial score (nSPS) is 18.3. The number of carbonyl (C=O) groups is 3. The number of ether oxygens (including phenoxy) is 1. The average Bonchev–Trinajstić information content (AvgIpc) is 4.06.